The van der Waals surface area contributed by atoms with Crippen LogP contribution in [-0.4, -0.2) is 66.4 Å². The number of morpholine rings is 1. The van der Waals surface area contributed by atoms with Crippen LogP contribution in [0.2, 0.25) is 0 Å². The summed E-state index contributed by atoms with van der Waals surface area (Å²) in [5, 5.41) is 3.16. The lowest BCUT2D eigenvalue weighted by Crippen LogP contribution is -2.43. The molecule has 34 heavy (non-hydrogen) atoms. The highest BCUT2D eigenvalue weighted by molar-refractivity contribution is 6.22. The van der Waals surface area contributed by atoms with Crippen molar-refractivity contribution < 1.29 is 19.1 Å². The summed E-state index contributed by atoms with van der Waals surface area (Å²) in [6.07, 6.45) is 4.95. The molecule has 1 saturated carbocycles. The van der Waals surface area contributed by atoms with Crippen LogP contribution in [0.15, 0.2) is 48.5 Å². The molecule has 0 spiro atoms. The number of imide groups is 1. The van der Waals surface area contributed by atoms with Crippen LogP contribution in [-0.2, 0) is 4.74 Å². The monoisotopic (exact) mass is 461 g/mol. The average molecular weight is 462 g/mol. The van der Waals surface area contributed by atoms with Crippen molar-refractivity contribution in [2.75, 3.05) is 32.8 Å². The predicted octanol–water partition coefficient (Wildman–Crippen LogP) is 3.42. The minimum Gasteiger partial charge on any atom is -0.379 e. The second kappa shape index (κ2) is 10.1. The van der Waals surface area contributed by atoms with Crippen molar-refractivity contribution in [3.8, 4) is 0 Å². The summed E-state index contributed by atoms with van der Waals surface area (Å²) in [6, 6.07) is 14.6. The molecule has 0 radical (unpaired) electrons. The van der Waals surface area contributed by atoms with Crippen molar-refractivity contribution >= 4 is 17.7 Å². The second-order valence-electron chi connectivity index (χ2n) is 9.38. The summed E-state index contributed by atoms with van der Waals surface area (Å²) < 4.78 is 5.46. The van der Waals surface area contributed by atoms with Gasteiger partial charge in [-0.1, -0.05) is 49.6 Å². The van der Waals surface area contributed by atoms with Gasteiger partial charge in [0.15, 0.2) is 0 Å². The number of nitrogens with one attached hydrogen (secondary N) is 1. The molecule has 2 aromatic rings. The van der Waals surface area contributed by atoms with E-state index in [1.54, 1.807) is 18.2 Å². The Balaban J connectivity index is 1.34. The highest BCUT2D eigenvalue weighted by atomic mass is 16.5. The van der Waals surface area contributed by atoms with E-state index in [1.807, 2.05) is 30.3 Å². The van der Waals surface area contributed by atoms with Crippen molar-refractivity contribution in [2.24, 2.45) is 0 Å². The summed E-state index contributed by atoms with van der Waals surface area (Å²) >= 11 is 0. The van der Waals surface area contributed by atoms with Gasteiger partial charge in [0.25, 0.3) is 17.7 Å². The molecule has 0 aromatic heterocycles. The van der Waals surface area contributed by atoms with Crippen molar-refractivity contribution in [3.05, 3.63) is 70.8 Å². The lowest BCUT2D eigenvalue weighted by Gasteiger charge is -2.31. The van der Waals surface area contributed by atoms with Gasteiger partial charge in [-0.05, 0) is 36.6 Å². The van der Waals surface area contributed by atoms with Crippen LogP contribution in [0.3, 0.4) is 0 Å². The van der Waals surface area contributed by atoms with Gasteiger partial charge >= 0.3 is 0 Å². The fourth-order valence-electron chi connectivity index (χ4n) is 5.27. The van der Waals surface area contributed by atoms with E-state index in [0.717, 1.165) is 50.8 Å². The normalized spacial score (nSPS) is 20.3. The molecule has 2 aromatic carbocycles. The molecule has 3 amide bonds. The van der Waals surface area contributed by atoms with E-state index in [0.29, 0.717) is 36.4 Å². The number of nitrogens with zero attached hydrogens (tertiary/aromatic N) is 2. The smallest absolute Gasteiger partial charge is 0.261 e. The van der Waals surface area contributed by atoms with Crippen molar-refractivity contribution in [1.82, 2.24) is 15.1 Å². The highest BCUT2D eigenvalue weighted by Gasteiger charge is 2.40. The van der Waals surface area contributed by atoms with Gasteiger partial charge in [-0.15, -0.1) is 0 Å². The number of amides is 3. The Bertz CT molecular complexity index is 1060. The number of benzene rings is 2. The Morgan fingerprint density at radius 2 is 1.65 bits per heavy atom. The summed E-state index contributed by atoms with van der Waals surface area (Å²) in [6.45, 7) is 3.70. The molecule has 1 saturated heterocycles. The Morgan fingerprint density at radius 1 is 0.941 bits per heavy atom. The first-order valence-corrected chi connectivity index (χ1v) is 12.3. The zero-order chi connectivity index (χ0) is 23.5. The zero-order valence-electron chi connectivity index (χ0n) is 19.4. The fourth-order valence-corrected chi connectivity index (χ4v) is 5.27. The Morgan fingerprint density at radius 3 is 2.38 bits per heavy atom. The molecular weight excluding hydrogens is 430 g/mol. The van der Waals surface area contributed by atoms with Crippen molar-refractivity contribution in [3.63, 3.8) is 0 Å². The number of hydrogen-bond donors (Lipinski definition) is 1. The molecule has 2 heterocycles. The topological polar surface area (TPSA) is 79.0 Å². The first-order chi connectivity index (χ1) is 16.6. The molecule has 3 aliphatic rings. The van der Waals surface area contributed by atoms with E-state index in [4.69, 9.17) is 4.74 Å². The first-order valence-electron chi connectivity index (χ1n) is 12.3. The molecule has 7 heteroatoms. The van der Waals surface area contributed by atoms with E-state index in [2.05, 4.69) is 10.2 Å². The molecule has 2 aliphatic heterocycles. The van der Waals surface area contributed by atoms with E-state index < -0.39 is 0 Å². The van der Waals surface area contributed by atoms with Gasteiger partial charge in [-0.3, -0.25) is 24.2 Å². The van der Waals surface area contributed by atoms with Crippen LogP contribution in [0, 0.1) is 0 Å². The number of ether oxygens (including phenoxy) is 1. The van der Waals surface area contributed by atoms with Gasteiger partial charge in [0.1, 0.15) is 0 Å². The van der Waals surface area contributed by atoms with Crippen LogP contribution in [0.5, 0.6) is 0 Å². The van der Waals surface area contributed by atoms with Gasteiger partial charge in [0, 0.05) is 31.2 Å². The Labute approximate surface area is 200 Å². The van der Waals surface area contributed by atoms with Crippen LogP contribution >= 0.6 is 0 Å². The maximum Gasteiger partial charge on any atom is 0.261 e. The van der Waals surface area contributed by atoms with E-state index in [1.165, 1.54) is 4.90 Å². The van der Waals surface area contributed by atoms with Crippen molar-refractivity contribution in [2.45, 2.75) is 44.2 Å². The number of carbonyl (C=O) groups is 3. The Kier molecular flexibility index (Phi) is 6.74. The van der Waals surface area contributed by atoms with Gasteiger partial charge < -0.3 is 10.1 Å². The molecular formula is C27H31N3O4. The van der Waals surface area contributed by atoms with Gasteiger partial charge in [-0.2, -0.15) is 0 Å². The van der Waals surface area contributed by atoms with E-state index >= 15 is 0 Å². The molecule has 1 N–H and O–H groups in total. The van der Waals surface area contributed by atoms with Crippen LogP contribution in [0.1, 0.15) is 74.8 Å². The van der Waals surface area contributed by atoms with E-state index in [-0.39, 0.29) is 29.8 Å². The minimum atomic E-state index is -0.269. The zero-order valence-corrected chi connectivity index (χ0v) is 19.4. The quantitative estimate of drug-likeness (QED) is 0.667. The van der Waals surface area contributed by atoms with E-state index in [9.17, 15) is 14.4 Å². The predicted molar refractivity (Wildman–Crippen MR) is 128 cm³/mol. The molecule has 0 unspecified atom stereocenters. The third-order valence-corrected chi connectivity index (χ3v) is 7.17. The highest BCUT2D eigenvalue weighted by Crippen LogP contribution is 2.31. The maximum atomic E-state index is 13.3. The fraction of sp³-hybridized carbons (Fsp3) is 0.444. The molecule has 178 valence electrons. The number of fused-ring (bicyclic) bond motifs is 1. The molecule has 2 fully saturated rings. The standard InChI is InChI=1S/C27H31N3O4/c31-25(28-24(19-7-3-1-4-8-19)18-29-13-15-34-16-14-29)20-11-12-22-23(17-20)27(33)30(26(22)32)21-9-5-2-6-10-21/h1,3-4,7-8,11-12,17,21,24H,2,5-6,9-10,13-16,18H2,(H,28,31)/t24-/m0/s1. The molecule has 0 bridgehead atoms. The summed E-state index contributed by atoms with van der Waals surface area (Å²) in [5.74, 6) is -0.746. The molecule has 7 nitrogen and oxygen atoms in total. The number of rotatable bonds is 6. The molecule has 5 rings (SSSR count). The van der Waals surface area contributed by atoms with Gasteiger partial charge in [0.2, 0.25) is 0 Å². The Hall–Kier alpha value is -3.03. The minimum absolute atomic E-state index is 0.0330. The maximum absolute atomic E-state index is 13.3. The third kappa shape index (κ3) is 4.63. The summed E-state index contributed by atoms with van der Waals surface area (Å²) in [5.41, 5.74) is 2.17. The largest absolute Gasteiger partial charge is 0.379 e. The summed E-state index contributed by atoms with van der Waals surface area (Å²) in [7, 11) is 0. The van der Waals surface area contributed by atoms with Crippen molar-refractivity contribution in [1.29, 1.82) is 0 Å². The number of hydrogen-bond acceptors (Lipinski definition) is 5. The number of carbonyl (C=O) groups excluding carboxylic acids is 3. The lowest BCUT2D eigenvalue weighted by atomic mass is 9.94. The first kappa shape index (κ1) is 22.7. The average Bonchev–Trinajstić information content (AvgIpc) is 3.14. The van der Waals surface area contributed by atoms with Crippen LogP contribution in [0.4, 0.5) is 0 Å². The second-order valence-corrected chi connectivity index (χ2v) is 9.38. The summed E-state index contributed by atoms with van der Waals surface area (Å²) in [4.78, 5) is 43.1. The van der Waals surface area contributed by atoms with Crippen LogP contribution < -0.4 is 5.32 Å². The van der Waals surface area contributed by atoms with Crippen LogP contribution in [0.25, 0.3) is 0 Å². The van der Waals surface area contributed by atoms with Gasteiger partial charge in [0.05, 0.1) is 30.4 Å². The third-order valence-electron chi connectivity index (χ3n) is 7.17. The lowest BCUT2D eigenvalue weighted by molar-refractivity contribution is 0.0332. The van der Waals surface area contributed by atoms with Gasteiger partial charge in [-0.25, -0.2) is 0 Å². The molecule has 1 atom stereocenters. The molecule has 1 aliphatic carbocycles. The SMILES string of the molecule is O=C(N[C@@H](CN1CCOCC1)c1ccccc1)c1ccc2c(c1)C(=O)N(C1CCCCC1)C2=O.